The zero-order chi connectivity index (χ0) is 23.4. The number of anilines is 1. The Balaban J connectivity index is 1.33. The molecule has 1 aliphatic heterocycles. The smallest absolute Gasteiger partial charge is 0.243 e. The first-order valence-electron chi connectivity index (χ1n) is 11.0. The molecule has 0 radical (unpaired) electrons. The zero-order valence-corrected chi connectivity index (χ0v) is 19.3. The molecule has 1 saturated heterocycles. The van der Waals surface area contributed by atoms with E-state index in [-0.39, 0.29) is 17.2 Å². The molecule has 2 heterocycles. The molecule has 174 valence electrons. The second-order valence-corrected chi connectivity index (χ2v) is 10.1. The minimum absolute atomic E-state index is 0.197. The normalized spacial score (nSPS) is 14.8. The first kappa shape index (κ1) is 23.1. The van der Waals surface area contributed by atoms with E-state index < -0.39 is 15.8 Å². The summed E-state index contributed by atoms with van der Waals surface area (Å²) in [6.45, 7) is 2.91. The Hall–Kier alpha value is -3.04. The summed E-state index contributed by atoms with van der Waals surface area (Å²) in [4.78, 5) is 16.7. The molecule has 1 fully saturated rings. The first-order chi connectivity index (χ1) is 15.8. The van der Waals surface area contributed by atoms with E-state index in [0.717, 1.165) is 24.8 Å². The van der Waals surface area contributed by atoms with Gasteiger partial charge >= 0.3 is 0 Å². The van der Waals surface area contributed by atoms with Gasteiger partial charge in [0.25, 0.3) is 0 Å². The summed E-state index contributed by atoms with van der Waals surface area (Å²) in [5.74, 6) is -0.0363. The van der Waals surface area contributed by atoms with Crippen molar-refractivity contribution in [1.29, 1.82) is 0 Å². The topological polar surface area (TPSA) is 84.3 Å². The van der Waals surface area contributed by atoms with E-state index in [9.17, 15) is 17.6 Å². The summed E-state index contributed by atoms with van der Waals surface area (Å²) in [6.07, 6.45) is 6.76. The quantitative estimate of drug-likeness (QED) is 0.564. The Morgan fingerprint density at radius 3 is 2.45 bits per heavy atom. The summed E-state index contributed by atoms with van der Waals surface area (Å²) in [6, 6.07) is 11.2. The Morgan fingerprint density at radius 2 is 1.82 bits per heavy atom. The van der Waals surface area contributed by atoms with Gasteiger partial charge in [-0.1, -0.05) is 18.6 Å². The molecule has 1 aromatic heterocycles. The van der Waals surface area contributed by atoms with Gasteiger partial charge in [-0.2, -0.15) is 4.31 Å². The molecule has 9 heteroatoms. The van der Waals surface area contributed by atoms with Crippen LogP contribution >= 0.6 is 0 Å². The van der Waals surface area contributed by atoms with Crippen molar-refractivity contribution in [2.45, 2.75) is 43.9 Å². The number of imidazole rings is 1. The average molecular weight is 471 g/mol. The standard InChI is InChI=1S/C24H27FN4O3S/c1-18-26-13-16-29(18)23-11-8-20(17-22(23)25)27-24(30)12-7-19-5-9-21(10-6-19)33(31,32)28-14-3-2-4-15-28/h5-6,8-11,13,16-17H,2-4,7,12,14-15H2,1H3,(H,27,30). The van der Waals surface area contributed by atoms with Crippen molar-refractivity contribution in [1.82, 2.24) is 13.9 Å². The van der Waals surface area contributed by atoms with Crippen LogP contribution in [0.1, 0.15) is 37.1 Å². The van der Waals surface area contributed by atoms with Gasteiger partial charge in [0, 0.05) is 37.6 Å². The fourth-order valence-corrected chi connectivity index (χ4v) is 5.49. The van der Waals surface area contributed by atoms with Gasteiger partial charge in [-0.05, 0) is 62.1 Å². The molecule has 33 heavy (non-hydrogen) atoms. The highest BCUT2D eigenvalue weighted by atomic mass is 32.2. The van der Waals surface area contributed by atoms with Crippen LogP contribution in [0.5, 0.6) is 0 Å². The SMILES string of the molecule is Cc1nccn1-c1ccc(NC(=O)CCc2ccc(S(=O)(=O)N3CCCCC3)cc2)cc1F. The third-order valence-electron chi connectivity index (χ3n) is 5.83. The Kier molecular flexibility index (Phi) is 6.90. The maximum absolute atomic E-state index is 14.5. The molecule has 3 aromatic rings. The van der Waals surface area contributed by atoms with E-state index in [1.165, 1.54) is 10.4 Å². The van der Waals surface area contributed by atoms with Gasteiger partial charge in [-0.3, -0.25) is 4.79 Å². The third-order valence-corrected chi connectivity index (χ3v) is 7.75. The average Bonchev–Trinajstić information content (AvgIpc) is 3.24. The van der Waals surface area contributed by atoms with E-state index in [0.29, 0.717) is 36.7 Å². The van der Waals surface area contributed by atoms with E-state index in [4.69, 9.17) is 0 Å². The Bertz CT molecular complexity index is 1230. The summed E-state index contributed by atoms with van der Waals surface area (Å²) in [7, 11) is -3.46. The molecule has 1 aliphatic rings. The minimum atomic E-state index is -3.46. The van der Waals surface area contributed by atoms with Gasteiger partial charge in [-0.25, -0.2) is 17.8 Å². The number of carbonyl (C=O) groups is 1. The molecule has 7 nitrogen and oxygen atoms in total. The molecule has 0 atom stereocenters. The predicted octanol–water partition coefficient (Wildman–Crippen LogP) is 4.07. The van der Waals surface area contributed by atoms with E-state index in [2.05, 4.69) is 10.3 Å². The highest BCUT2D eigenvalue weighted by Gasteiger charge is 2.25. The van der Waals surface area contributed by atoms with Crippen LogP contribution in [0.2, 0.25) is 0 Å². The lowest BCUT2D eigenvalue weighted by Gasteiger charge is -2.25. The number of nitrogens with one attached hydrogen (secondary N) is 1. The fraction of sp³-hybridized carbons (Fsp3) is 0.333. The number of piperidine rings is 1. The number of nitrogens with zero attached hydrogens (tertiary/aromatic N) is 3. The maximum Gasteiger partial charge on any atom is 0.243 e. The number of hydrogen-bond acceptors (Lipinski definition) is 4. The number of sulfonamides is 1. The molecule has 0 unspecified atom stereocenters. The number of hydrogen-bond donors (Lipinski definition) is 1. The van der Waals surface area contributed by atoms with Crippen molar-refractivity contribution in [2.75, 3.05) is 18.4 Å². The highest BCUT2D eigenvalue weighted by molar-refractivity contribution is 7.89. The number of aryl methyl sites for hydroxylation is 2. The number of amides is 1. The lowest BCUT2D eigenvalue weighted by Crippen LogP contribution is -2.35. The van der Waals surface area contributed by atoms with Crippen molar-refractivity contribution >= 4 is 21.6 Å². The molecule has 1 N–H and O–H groups in total. The Morgan fingerprint density at radius 1 is 1.09 bits per heavy atom. The minimum Gasteiger partial charge on any atom is -0.326 e. The molecule has 4 rings (SSSR count). The van der Waals surface area contributed by atoms with Crippen molar-refractivity contribution in [3.63, 3.8) is 0 Å². The zero-order valence-electron chi connectivity index (χ0n) is 18.5. The molecule has 0 aliphatic carbocycles. The van der Waals surface area contributed by atoms with Crippen LogP contribution in [0.4, 0.5) is 10.1 Å². The molecular formula is C24H27FN4O3S. The first-order valence-corrected chi connectivity index (χ1v) is 12.5. The van der Waals surface area contributed by atoms with Crippen LogP contribution in [-0.2, 0) is 21.2 Å². The van der Waals surface area contributed by atoms with Crippen molar-refractivity contribution < 1.29 is 17.6 Å². The molecule has 2 aromatic carbocycles. The lowest BCUT2D eigenvalue weighted by atomic mass is 10.1. The largest absolute Gasteiger partial charge is 0.326 e. The van der Waals surface area contributed by atoms with Crippen LogP contribution in [0.3, 0.4) is 0 Å². The van der Waals surface area contributed by atoms with E-state index >= 15 is 0 Å². The molecule has 0 spiro atoms. The summed E-state index contributed by atoms with van der Waals surface area (Å²) in [5.41, 5.74) is 1.60. The lowest BCUT2D eigenvalue weighted by molar-refractivity contribution is -0.116. The molecule has 0 bridgehead atoms. The number of benzene rings is 2. The van der Waals surface area contributed by atoms with Gasteiger partial charge in [-0.15, -0.1) is 0 Å². The van der Waals surface area contributed by atoms with E-state index in [1.807, 2.05) is 0 Å². The van der Waals surface area contributed by atoms with Crippen LogP contribution < -0.4 is 5.32 Å². The Labute approximate surface area is 193 Å². The van der Waals surface area contributed by atoms with Crippen LogP contribution in [0.25, 0.3) is 5.69 Å². The maximum atomic E-state index is 14.5. The highest BCUT2D eigenvalue weighted by Crippen LogP contribution is 2.22. The molecular weight excluding hydrogens is 443 g/mol. The molecule has 0 saturated carbocycles. The summed E-state index contributed by atoms with van der Waals surface area (Å²) >= 11 is 0. The summed E-state index contributed by atoms with van der Waals surface area (Å²) in [5, 5.41) is 2.71. The second-order valence-electron chi connectivity index (χ2n) is 8.17. The van der Waals surface area contributed by atoms with Crippen molar-refractivity contribution in [2.24, 2.45) is 0 Å². The van der Waals surface area contributed by atoms with Crippen LogP contribution in [-0.4, -0.2) is 41.3 Å². The number of halogens is 1. The van der Waals surface area contributed by atoms with Crippen LogP contribution in [0, 0.1) is 12.7 Å². The van der Waals surface area contributed by atoms with Crippen LogP contribution in [0.15, 0.2) is 59.8 Å². The number of rotatable bonds is 7. The third kappa shape index (κ3) is 5.31. The second kappa shape index (κ2) is 9.84. The number of aromatic nitrogens is 2. The predicted molar refractivity (Wildman–Crippen MR) is 124 cm³/mol. The van der Waals surface area contributed by atoms with Gasteiger partial charge in [0.05, 0.1) is 10.6 Å². The summed E-state index contributed by atoms with van der Waals surface area (Å²) < 4.78 is 43.2. The fourth-order valence-electron chi connectivity index (χ4n) is 3.98. The van der Waals surface area contributed by atoms with Gasteiger partial charge in [0.15, 0.2) is 0 Å². The monoisotopic (exact) mass is 470 g/mol. The van der Waals surface area contributed by atoms with E-state index in [1.54, 1.807) is 60.3 Å². The van der Waals surface area contributed by atoms with Gasteiger partial charge in [0.1, 0.15) is 11.6 Å². The van der Waals surface area contributed by atoms with Gasteiger partial charge in [0.2, 0.25) is 15.9 Å². The number of carbonyl (C=O) groups excluding carboxylic acids is 1. The molecule has 1 amide bonds. The van der Waals surface area contributed by atoms with Crippen molar-refractivity contribution in [3.05, 3.63) is 72.1 Å². The van der Waals surface area contributed by atoms with Gasteiger partial charge < -0.3 is 9.88 Å². The van der Waals surface area contributed by atoms with Crippen molar-refractivity contribution in [3.8, 4) is 5.69 Å².